The Kier molecular flexibility index (Phi) is 2.59. The normalized spacial score (nSPS) is 44.7. The lowest BCUT2D eigenvalue weighted by Crippen LogP contribution is -2.44. The molecule has 0 saturated heterocycles. The topological polar surface area (TPSA) is 26.0 Å². The average molecular weight is 162 g/mol. The van der Waals surface area contributed by atoms with Gasteiger partial charge in [-0.05, 0) is 31.1 Å². The Balaban J connectivity index is 0.000000500. The Morgan fingerprint density at radius 2 is 1.80 bits per heavy atom. The van der Waals surface area contributed by atoms with Crippen molar-refractivity contribution in [2.75, 3.05) is 0 Å². The summed E-state index contributed by atoms with van der Waals surface area (Å²) in [6, 6.07) is 0.567. The first-order valence-corrected chi connectivity index (χ1v) is 4.13. The van der Waals surface area contributed by atoms with Gasteiger partial charge in [-0.1, -0.05) is 12.8 Å². The van der Waals surface area contributed by atoms with E-state index in [0.717, 1.165) is 11.8 Å². The van der Waals surface area contributed by atoms with Crippen LogP contribution in [-0.2, 0) is 0 Å². The van der Waals surface area contributed by atoms with Crippen LogP contribution in [0, 0.1) is 11.8 Å². The van der Waals surface area contributed by atoms with Crippen molar-refractivity contribution in [3.63, 3.8) is 0 Å². The molecule has 2 aliphatic rings. The van der Waals surface area contributed by atoms with E-state index in [1.54, 1.807) is 0 Å². The van der Waals surface area contributed by atoms with E-state index >= 15 is 0 Å². The zero-order valence-electron chi connectivity index (χ0n) is 6.25. The molecular weight excluding hydrogens is 146 g/mol. The van der Waals surface area contributed by atoms with E-state index in [0.29, 0.717) is 6.04 Å². The van der Waals surface area contributed by atoms with E-state index in [2.05, 4.69) is 0 Å². The number of halogens is 1. The van der Waals surface area contributed by atoms with Crippen molar-refractivity contribution in [1.29, 1.82) is 0 Å². The molecule has 0 radical (unpaired) electrons. The molecule has 2 heteroatoms. The molecule has 0 heterocycles. The lowest BCUT2D eigenvalue weighted by molar-refractivity contribution is 0.0927. The second-order valence-corrected chi connectivity index (χ2v) is 3.60. The Labute approximate surface area is 68.8 Å². The quantitative estimate of drug-likeness (QED) is 0.578. The molecule has 60 valence electrons. The predicted octanol–water partition coefficient (Wildman–Crippen LogP) is 1.95. The molecule has 3 atom stereocenters. The molecule has 0 amide bonds. The van der Waals surface area contributed by atoms with Gasteiger partial charge in [-0.25, -0.2) is 0 Å². The van der Waals surface area contributed by atoms with Gasteiger partial charge in [-0.15, -0.1) is 12.4 Å². The van der Waals surface area contributed by atoms with Gasteiger partial charge < -0.3 is 5.73 Å². The number of fused-ring (bicyclic) bond motifs is 1. The summed E-state index contributed by atoms with van der Waals surface area (Å²) in [4.78, 5) is 0. The van der Waals surface area contributed by atoms with E-state index < -0.39 is 0 Å². The van der Waals surface area contributed by atoms with Gasteiger partial charge in [0.1, 0.15) is 0 Å². The van der Waals surface area contributed by atoms with Crippen LogP contribution in [0.1, 0.15) is 32.1 Å². The Morgan fingerprint density at radius 1 is 1.00 bits per heavy atom. The molecule has 0 bridgehead atoms. The van der Waals surface area contributed by atoms with Crippen LogP contribution in [-0.4, -0.2) is 6.04 Å². The van der Waals surface area contributed by atoms with E-state index in [1.165, 1.54) is 32.1 Å². The van der Waals surface area contributed by atoms with Gasteiger partial charge in [0.2, 0.25) is 0 Å². The fourth-order valence-corrected chi connectivity index (χ4v) is 2.35. The summed E-state index contributed by atoms with van der Waals surface area (Å²) < 4.78 is 0. The molecule has 3 unspecified atom stereocenters. The summed E-state index contributed by atoms with van der Waals surface area (Å²) in [6.07, 6.45) is 7.05. The lowest BCUT2D eigenvalue weighted by Gasteiger charge is -2.44. The highest BCUT2D eigenvalue weighted by Gasteiger charge is 2.37. The van der Waals surface area contributed by atoms with Crippen LogP contribution in [0.3, 0.4) is 0 Å². The zero-order valence-corrected chi connectivity index (χ0v) is 7.07. The maximum absolute atomic E-state index is 5.92. The van der Waals surface area contributed by atoms with Crippen molar-refractivity contribution in [3.8, 4) is 0 Å². The highest BCUT2D eigenvalue weighted by molar-refractivity contribution is 5.85. The van der Waals surface area contributed by atoms with E-state index in [4.69, 9.17) is 5.73 Å². The smallest absolute Gasteiger partial charge is 0.00698 e. The number of rotatable bonds is 0. The molecule has 2 rings (SSSR count). The largest absolute Gasteiger partial charge is 0.327 e. The SMILES string of the molecule is Cl.NC1CCCC2CCC12. The first-order chi connectivity index (χ1) is 4.38. The highest BCUT2D eigenvalue weighted by Crippen LogP contribution is 2.43. The lowest BCUT2D eigenvalue weighted by atomic mass is 9.63. The van der Waals surface area contributed by atoms with Gasteiger partial charge in [0.05, 0.1) is 0 Å². The fourth-order valence-electron chi connectivity index (χ4n) is 2.35. The average Bonchev–Trinajstić information content (AvgIpc) is 1.74. The van der Waals surface area contributed by atoms with Crippen LogP contribution in [0.25, 0.3) is 0 Å². The molecule has 0 aromatic carbocycles. The van der Waals surface area contributed by atoms with E-state index in [1.807, 2.05) is 0 Å². The monoisotopic (exact) mass is 161 g/mol. The van der Waals surface area contributed by atoms with Crippen LogP contribution >= 0.6 is 12.4 Å². The van der Waals surface area contributed by atoms with Crippen molar-refractivity contribution in [3.05, 3.63) is 0 Å². The molecule has 0 aromatic rings. The third-order valence-electron chi connectivity index (χ3n) is 3.14. The van der Waals surface area contributed by atoms with E-state index in [-0.39, 0.29) is 12.4 Å². The maximum atomic E-state index is 5.92. The van der Waals surface area contributed by atoms with Gasteiger partial charge >= 0.3 is 0 Å². The number of nitrogens with two attached hydrogens (primary N) is 1. The molecule has 2 fully saturated rings. The van der Waals surface area contributed by atoms with Crippen LogP contribution in [0.15, 0.2) is 0 Å². The molecule has 0 aliphatic heterocycles. The summed E-state index contributed by atoms with van der Waals surface area (Å²) in [5.41, 5.74) is 5.92. The van der Waals surface area contributed by atoms with Gasteiger partial charge in [0, 0.05) is 6.04 Å². The van der Waals surface area contributed by atoms with Crippen LogP contribution in [0.2, 0.25) is 0 Å². The Hall–Kier alpha value is 0.250. The number of hydrogen-bond acceptors (Lipinski definition) is 1. The maximum Gasteiger partial charge on any atom is 0.00698 e. The van der Waals surface area contributed by atoms with Crippen LogP contribution in [0.4, 0.5) is 0 Å². The summed E-state index contributed by atoms with van der Waals surface area (Å²) in [7, 11) is 0. The summed E-state index contributed by atoms with van der Waals surface area (Å²) in [5, 5.41) is 0. The van der Waals surface area contributed by atoms with Gasteiger partial charge in [-0.3, -0.25) is 0 Å². The van der Waals surface area contributed by atoms with Gasteiger partial charge in [0.25, 0.3) is 0 Å². The van der Waals surface area contributed by atoms with E-state index in [9.17, 15) is 0 Å². The third-order valence-corrected chi connectivity index (χ3v) is 3.14. The predicted molar refractivity (Wildman–Crippen MR) is 45.3 cm³/mol. The molecule has 2 saturated carbocycles. The summed E-state index contributed by atoms with van der Waals surface area (Å²) in [5.74, 6) is 1.97. The van der Waals surface area contributed by atoms with Crippen LogP contribution < -0.4 is 5.73 Å². The van der Waals surface area contributed by atoms with Crippen LogP contribution in [0.5, 0.6) is 0 Å². The number of hydrogen-bond donors (Lipinski definition) is 1. The van der Waals surface area contributed by atoms with Crippen molar-refractivity contribution < 1.29 is 0 Å². The summed E-state index contributed by atoms with van der Waals surface area (Å²) >= 11 is 0. The minimum absolute atomic E-state index is 0. The van der Waals surface area contributed by atoms with Crippen molar-refractivity contribution in [1.82, 2.24) is 0 Å². The van der Waals surface area contributed by atoms with Gasteiger partial charge in [0.15, 0.2) is 0 Å². The zero-order chi connectivity index (χ0) is 6.27. The third kappa shape index (κ3) is 1.17. The minimum atomic E-state index is 0. The van der Waals surface area contributed by atoms with Gasteiger partial charge in [-0.2, -0.15) is 0 Å². The summed E-state index contributed by atoms with van der Waals surface area (Å²) in [6.45, 7) is 0. The second-order valence-electron chi connectivity index (χ2n) is 3.60. The van der Waals surface area contributed by atoms with Crippen molar-refractivity contribution in [2.45, 2.75) is 38.1 Å². The molecule has 10 heavy (non-hydrogen) atoms. The Morgan fingerprint density at radius 3 is 2.20 bits per heavy atom. The molecular formula is C8H16ClN. The Bertz CT molecular complexity index is 110. The first-order valence-electron chi connectivity index (χ1n) is 4.13. The fraction of sp³-hybridized carbons (Fsp3) is 1.00. The molecule has 2 N–H and O–H groups in total. The highest BCUT2D eigenvalue weighted by atomic mass is 35.5. The molecule has 0 spiro atoms. The standard InChI is InChI=1S/C8H15N.ClH/c9-8-3-1-2-6-4-5-7(6)8;/h6-8H,1-5,9H2;1H. The van der Waals surface area contributed by atoms with Crippen molar-refractivity contribution >= 4 is 12.4 Å². The van der Waals surface area contributed by atoms with Crippen molar-refractivity contribution in [2.24, 2.45) is 17.6 Å². The molecule has 2 aliphatic carbocycles. The minimum Gasteiger partial charge on any atom is -0.327 e. The molecule has 0 aromatic heterocycles. The second kappa shape index (κ2) is 3.10. The first kappa shape index (κ1) is 8.35. The molecule has 1 nitrogen and oxygen atoms in total.